The van der Waals surface area contributed by atoms with Gasteiger partial charge in [0.25, 0.3) is 5.69 Å². The fourth-order valence-electron chi connectivity index (χ4n) is 2.28. The minimum absolute atomic E-state index is 0.266. The van der Waals surface area contributed by atoms with E-state index in [1.165, 1.54) is 12.1 Å². The average molecular weight is 285 g/mol. The van der Waals surface area contributed by atoms with E-state index in [0.717, 1.165) is 22.5 Å². The van der Waals surface area contributed by atoms with E-state index in [-0.39, 0.29) is 5.69 Å². The number of aromatic nitrogens is 1. The summed E-state index contributed by atoms with van der Waals surface area (Å²) in [7, 11) is 0. The van der Waals surface area contributed by atoms with Crippen molar-refractivity contribution < 1.29 is 9.31 Å². The molecule has 1 aromatic heterocycles. The van der Waals surface area contributed by atoms with Gasteiger partial charge in [-0.3, -0.25) is 10.1 Å². The number of aromatic amines is 1. The van der Waals surface area contributed by atoms with Gasteiger partial charge in [0.15, 0.2) is 0 Å². The number of H-pyrrole nitrogens is 1. The van der Waals surface area contributed by atoms with Crippen LogP contribution in [0.15, 0.2) is 48.7 Å². The Kier molecular flexibility index (Phi) is 3.27. The molecule has 21 heavy (non-hydrogen) atoms. The van der Waals surface area contributed by atoms with E-state index in [0.29, 0.717) is 12.2 Å². The Morgan fingerprint density at radius 1 is 1.24 bits per heavy atom. The highest BCUT2D eigenvalue weighted by atomic mass is 19.1. The second-order valence-electron chi connectivity index (χ2n) is 4.66. The summed E-state index contributed by atoms with van der Waals surface area (Å²) in [5.74, 6) is -0.633. The molecule has 6 heteroatoms. The quantitative estimate of drug-likeness (QED) is 0.565. The molecule has 0 aliphatic heterocycles. The van der Waals surface area contributed by atoms with Gasteiger partial charge in [-0.1, -0.05) is 12.1 Å². The van der Waals surface area contributed by atoms with Gasteiger partial charge in [-0.25, -0.2) is 4.39 Å². The Bertz CT molecular complexity index is 814. The zero-order valence-corrected chi connectivity index (χ0v) is 11.0. The van der Waals surface area contributed by atoms with E-state index in [9.17, 15) is 14.5 Å². The molecule has 0 atom stereocenters. The van der Waals surface area contributed by atoms with E-state index in [2.05, 4.69) is 10.3 Å². The highest BCUT2D eigenvalue weighted by Crippen LogP contribution is 2.22. The number of non-ortho nitro benzene ring substituents is 1. The first-order chi connectivity index (χ1) is 10.1. The van der Waals surface area contributed by atoms with Crippen molar-refractivity contribution in [3.63, 3.8) is 0 Å². The Morgan fingerprint density at radius 2 is 2.10 bits per heavy atom. The van der Waals surface area contributed by atoms with Crippen LogP contribution in [-0.4, -0.2) is 9.91 Å². The van der Waals surface area contributed by atoms with Gasteiger partial charge in [-0.05, 0) is 23.8 Å². The molecular weight excluding hydrogens is 273 g/mol. The molecule has 0 radical (unpaired) electrons. The molecule has 3 aromatic rings. The van der Waals surface area contributed by atoms with Crippen LogP contribution in [-0.2, 0) is 6.54 Å². The maximum absolute atomic E-state index is 13.4. The van der Waals surface area contributed by atoms with Gasteiger partial charge >= 0.3 is 0 Å². The summed E-state index contributed by atoms with van der Waals surface area (Å²) in [6.07, 6.45) is 1.85. The van der Waals surface area contributed by atoms with Gasteiger partial charge in [-0.2, -0.15) is 0 Å². The summed E-state index contributed by atoms with van der Waals surface area (Å²) in [5, 5.41) is 14.8. The molecule has 0 fully saturated rings. The first kappa shape index (κ1) is 13.1. The van der Waals surface area contributed by atoms with Gasteiger partial charge in [-0.15, -0.1) is 0 Å². The fourth-order valence-corrected chi connectivity index (χ4v) is 2.28. The molecule has 106 valence electrons. The highest BCUT2D eigenvalue weighted by Gasteiger charge is 2.10. The van der Waals surface area contributed by atoms with E-state index in [1.54, 1.807) is 0 Å². The Balaban J connectivity index is 1.85. The molecule has 0 unspecified atom stereocenters. The van der Waals surface area contributed by atoms with Crippen LogP contribution in [0.2, 0.25) is 0 Å². The van der Waals surface area contributed by atoms with Crippen molar-refractivity contribution in [2.24, 2.45) is 0 Å². The standard InChI is InChI=1S/C15H12FN3O2/c16-11-6-12(8-13(7-11)19(20)21)18-9-10-2-1-3-15-14(10)4-5-17-15/h1-8,17-18H,9H2. The molecule has 0 bridgehead atoms. The zero-order valence-electron chi connectivity index (χ0n) is 11.0. The molecule has 3 rings (SSSR count). The van der Waals surface area contributed by atoms with E-state index < -0.39 is 10.7 Å². The normalized spacial score (nSPS) is 10.7. The fraction of sp³-hybridized carbons (Fsp3) is 0.0667. The Labute approximate surface area is 119 Å². The number of hydrogen-bond donors (Lipinski definition) is 2. The van der Waals surface area contributed by atoms with Crippen LogP contribution < -0.4 is 5.32 Å². The third-order valence-electron chi connectivity index (χ3n) is 3.26. The first-order valence-electron chi connectivity index (χ1n) is 6.37. The van der Waals surface area contributed by atoms with E-state index >= 15 is 0 Å². The van der Waals surface area contributed by atoms with Gasteiger partial charge in [0.1, 0.15) is 5.82 Å². The first-order valence-corrected chi connectivity index (χ1v) is 6.37. The molecule has 5 nitrogen and oxygen atoms in total. The van der Waals surface area contributed by atoms with Crippen LogP contribution in [0.5, 0.6) is 0 Å². The lowest BCUT2D eigenvalue weighted by Gasteiger charge is -2.08. The maximum Gasteiger partial charge on any atom is 0.274 e. The van der Waals surface area contributed by atoms with Crippen molar-refractivity contribution in [3.8, 4) is 0 Å². The molecule has 0 aliphatic rings. The molecule has 0 spiro atoms. The second kappa shape index (κ2) is 5.24. The van der Waals surface area contributed by atoms with Crippen LogP contribution in [0.1, 0.15) is 5.56 Å². The van der Waals surface area contributed by atoms with Gasteiger partial charge < -0.3 is 10.3 Å². The summed E-state index contributed by atoms with van der Waals surface area (Å²) < 4.78 is 13.4. The van der Waals surface area contributed by atoms with E-state index in [1.807, 2.05) is 30.5 Å². The average Bonchev–Trinajstić information content (AvgIpc) is 2.93. The van der Waals surface area contributed by atoms with Crippen molar-refractivity contribution >= 4 is 22.3 Å². The number of nitro groups is 1. The Hall–Kier alpha value is -2.89. The summed E-state index contributed by atoms with van der Waals surface area (Å²) >= 11 is 0. The van der Waals surface area contributed by atoms with E-state index in [4.69, 9.17) is 0 Å². The van der Waals surface area contributed by atoms with Gasteiger partial charge in [0.2, 0.25) is 0 Å². The number of nitrogens with one attached hydrogen (secondary N) is 2. The minimum atomic E-state index is -0.633. The number of fused-ring (bicyclic) bond motifs is 1. The molecular formula is C15H12FN3O2. The van der Waals surface area contributed by atoms with Crippen LogP contribution in [0.3, 0.4) is 0 Å². The topological polar surface area (TPSA) is 71.0 Å². The predicted molar refractivity (Wildman–Crippen MR) is 78.7 cm³/mol. The molecule has 1 heterocycles. The lowest BCUT2D eigenvalue weighted by molar-refractivity contribution is -0.385. The number of benzene rings is 2. The Morgan fingerprint density at radius 3 is 2.90 bits per heavy atom. The number of nitro benzene ring substituents is 1. The summed E-state index contributed by atoms with van der Waals surface area (Å²) in [5.41, 5.74) is 2.16. The number of halogens is 1. The van der Waals surface area contributed by atoms with Gasteiger partial charge in [0, 0.05) is 35.4 Å². The highest BCUT2D eigenvalue weighted by molar-refractivity contribution is 5.83. The molecule has 0 saturated carbocycles. The largest absolute Gasteiger partial charge is 0.381 e. The SMILES string of the molecule is O=[N+]([O-])c1cc(F)cc(NCc2cccc3[nH]ccc23)c1. The zero-order chi connectivity index (χ0) is 14.8. The maximum atomic E-state index is 13.4. The molecule has 0 amide bonds. The monoisotopic (exact) mass is 285 g/mol. The number of hydrogen-bond acceptors (Lipinski definition) is 3. The van der Waals surface area contributed by atoms with Crippen LogP contribution in [0.25, 0.3) is 10.9 Å². The van der Waals surface area contributed by atoms with Crippen LogP contribution in [0.4, 0.5) is 15.8 Å². The third-order valence-corrected chi connectivity index (χ3v) is 3.26. The van der Waals surface area contributed by atoms with Crippen molar-refractivity contribution in [2.45, 2.75) is 6.54 Å². The van der Waals surface area contributed by atoms with Gasteiger partial charge in [0.05, 0.1) is 11.0 Å². The molecule has 2 aromatic carbocycles. The number of rotatable bonds is 4. The summed E-state index contributed by atoms with van der Waals surface area (Å²) in [4.78, 5) is 13.2. The van der Waals surface area contributed by atoms with Crippen molar-refractivity contribution in [3.05, 3.63) is 70.2 Å². The molecule has 0 aliphatic carbocycles. The predicted octanol–water partition coefficient (Wildman–Crippen LogP) is 3.83. The molecule has 2 N–H and O–H groups in total. The van der Waals surface area contributed by atoms with Crippen molar-refractivity contribution in [2.75, 3.05) is 5.32 Å². The molecule has 0 saturated heterocycles. The van der Waals surface area contributed by atoms with Crippen molar-refractivity contribution in [1.82, 2.24) is 4.98 Å². The summed E-state index contributed by atoms with van der Waals surface area (Å²) in [6, 6.07) is 11.3. The lowest BCUT2D eigenvalue weighted by atomic mass is 10.1. The number of nitrogens with zero attached hydrogens (tertiary/aromatic N) is 1. The summed E-state index contributed by atoms with van der Waals surface area (Å²) in [6.45, 7) is 0.454. The number of anilines is 1. The lowest BCUT2D eigenvalue weighted by Crippen LogP contribution is -2.01. The van der Waals surface area contributed by atoms with Crippen molar-refractivity contribution in [1.29, 1.82) is 0 Å². The third kappa shape index (κ3) is 2.69. The smallest absolute Gasteiger partial charge is 0.274 e. The minimum Gasteiger partial charge on any atom is -0.381 e. The second-order valence-corrected chi connectivity index (χ2v) is 4.66. The van der Waals surface area contributed by atoms with Crippen LogP contribution >= 0.6 is 0 Å². The van der Waals surface area contributed by atoms with Crippen LogP contribution in [0, 0.1) is 15.9 Å².